The molecule has 0 fully saturated rings. The van der Waals surface area contributed by atoms with E-state index in [1.165, 1.54) is 0 Å². The summed E-state index contributed by atoms with van der Waals surface area (Å²) >= 11 is 0. The summed E-state index contributed by atoms with van der Waals surface area (Å²) < 4.78 is 0. The van der Waals surface area contributed by atoms with Gasteiger partial charge in [-0.3, -0.25) is 5.10 Å². The van der Waals surface area contributed by atoms with E-state index in [1.54, 1.807) is 18.6 Å². The normalized spacial score (nSPS) is 9.82. The summed E-state index contributed by atoms with van der Waals surface area (Å²) in [5, 5.41) is 17.3. The molecule has 0 saturated carbocycles. The highest BCUT2D eigenvalue weighted by atomic mass is 15.3. The maximum atomic E-state index is 3.80. The minimum atomic E-state index is 0.887. The van der Waals surface area contributed by atoms with Crippen LogP contribution in [0.2, 0.25) is 0 Å². The molecule has 1 N–H and O–H groups in total. The van der Waals surface area contributed by atoms with Crippen molar-refractivity contribution < 1.29 is 0 Å². The molecular weight excluding hydrogens is 142 g/mol. The molecule has 0 amide bonds. The van der Waals surface area contributed by atoms with Crippen molar-refractivity contribution >= 4 is 0 Å². The van der Waals surface area contributed by atoms with E-state index in [2.05, 4.69) is 25.6 Å². The Morgan fingerprint density at radius 2 is 2.00 bits per heavy atom. The predicted octanol–water partition coefficient (Wildman–Crippen LogP) is 0.262. The summed E-state index contributed by atoms with van der Waals surface area (Å²) in [5.74, 6) is 0. The second-order valence-corrected chi connectivity index (χ2v) is 2.00. The van der Waals surface area contributed by atoms with Crippen LogP contribution in [0.5, 0.6) is 0 Å². The predicted molar refractivity (Wildman–Crippen MR) is 37.4 cm³/mol. The molecule has 0 bridgehead atoms. The topological polar surface area (TPSA) is 67.3 Å². The van der Waals surface area contributed by atoms with Crippen LogP contribution in [-0.2, 0) is 0 Å². The van der Waals surface area contributed by atoms with Gasteiger partial charge in [-0.1, -0.05) is 0 Å². The van der Waals surface area contributed by atoms with Crippen molar-refractivity contribution in [2.24, 2.45) is 0 Å². The zero-order chi connectivity index (χ0) is 7.52. The molecule has 0 saturated heterocycles. The Bertz CT molecular complexity index is 314. The Hall–Kier alpha value is -1.78. The Morgan fingerprint density at radius 3 is 2.64 bits per heavy atom. The maximum Gasteiger partial charge on any atom is 0.0682 e. The molecule has 2 aromatic heterocycles. The lowest BCUT2D eigenvalue weighted by Crippen LogP contribution is -1.86. The maximum absolute atomic E-state index is 3.80. The molecule has 5 heteroatoms. The van der Waals surface area contributed by atoms with Crippen LogP contribution in [-0.4, -0.2) is 25.6 Å². The zero-order valence-corrected chi connectivity index (χ0v) is 5.60. The monoisotopic (exact) mass is 147 g/mol. The van der Waals surface area contributed by atoms with E-state index in [1.807, 2.05) is 6.07 Å². The van der Waals surface area contributed by atoms with E-state index in [0.717, 1.165) is 11.3 Å². The van der Waals surface area contributed by atoms with Gasteiger partial charge in [0.15, 0.2) is 0 Å². The first-order chi connectivity index (χ1) is 5.47. The van der Waals surface area contributed by atoms with Gasteiger partial charge in [-0.25, -0.2) is 0 Å². The van der Waals surface area contributed by atoms with Gasteiger partial charge < -0.3 is 0 Å². The van der Waals surface area contributed by atoms with E-state index >= 15 is 0 Å². The molecule has 0 unspecified atom stereocenters. The van der Waals surface area contributed by atoms with E-state index in [4.69, 9.17) is 0 Å². The van der Waals surface area contributed by atoms with E-state index < -0.39 is 0 Å². The summed E-state index contributed by atoms with van der Waals surface area (Å²) in [6.07, 6.45) is 4.93. The van der Waals surface area contributed by atoms with E-state index in [-0.39, 0.29) is 0 Å². The lowest BCUT2D eigenvalue weighted by molar-refractivity contribution is 0.865. The molecule has 2 rings (SSSR count). The lowest BCUT2D eigenvalue weighted by Gasteiger charge is -1.90. The van der Waals surface area contributed by atoms with Gasteiger partial charge in [0.2, 0.25) is 0 Å². The Kier molecular flexibility index (Phi) is 1.33. The summed E-state index contributed by atoms with van der Waals surface area (Å²) in [6.45, 7) is 0. The number of aromatic nitrogens is 5. The molecule has 5 nitrogen and oxygen atoms in total. The fraction of sp³-hybridized carbons (Fsp3) is 0. The van der Waals surface area contributed by atoms with Crippen LogP contribution in [0.1, 0.15) is 0 Å². The quantitative estimate of drug-likeness (QED) is 0.628. The minimum absolute atomic E-state index is 0.887. The third kappa shape index (κ3) is 1.07. The average Bonchev–Trinajstić information content (AvgIpc) is 2.58. The fourth-order valence-electron chi connectivity index (χ4n) is 0.795. The van der Waals surface area contributed by atoms with Crippen molar-refractivity contribution in [1.82, 2.24) is 25.6 Å². The van der Waals surface area contributed by atoms with Gasteiger partial charge in [0.1, 0.15) is 0 Å². The Balaban J connectivity index is 2.46. The number of rotatable bonds is 1. The van der Waals surface area contributed by atoms with Crippen LogP contribution >= 0.6 is 0 Å². The molecule has 0 aromatic carbocycles. The van der Waals surface area contributed by atoms with Gasteiger partial charge in [-0.2, -0.15) is 5.10 Å². The number of nitrogens with one attached hydrogen (secondary N) is 1. The van der Waals surface area contributed by atoms with Crippen LogP contribution < -0.4 is 0 Å². The largest absolute Gasteiger partial charge is 0.278 e. The first-order valence-corrected chi connectivity index (χ1v) is 3.10. The van der Waals surface area contributed by atoms with Gasteiger partial charge in [0, 0.05) is 11.8 Å². The number of hydrogen-bond donors (Lipinski definition) is 1. The van der Waals surface area contributed by atoms with Crippen molar-refractivity contribution in [1.29, 1.82) is 0 Å². The molecule has 11 heavy (non-hydrogen) atoms. The fourth-order valence-corrected chi connectivity index (χ4v) is 0.795. The first-order valence-electron chi connectivity index (χ1n) is 3.10. The van der Waals surface area contributed by atoms with Gasteiger partial charge in [-0.05, 0) is 11.3 Å². The third-order valence-corrected chi connectivity index (χ3v) is 1.31. The molecule has 54 valence electrons. The summed E-state index contributed by atoms with van der Waals surface area (Å²) in [4.78, 5) is 0. The van der Waals surface area contributed by atoms with Crippen molar-refractivity contribution in [3.8, 4) is 11.3 Å². The molecule has 0 spiro atoms. The second-order valence-electron chi connectivity index (χ2n) is 2.00. The second kappa shape index (κ2) is 2.45. The first kappa shape index (κ1) is 5.96. The smallest absolute Gasteiger partial charge is 0.0682 e. The van der Waals surface area contributed by atoms with Gasteiger partial charge in [0.05, 0.1) is 18.1 Å². The van der Waals surface area contributed by atoms with Crippen molar-refractivity contribution in [3.63, 3.8) is 0 Å². The summed E-state index contributed by atoms with van der Waals surface area (Å²) in [7, 11) is 0. The number of H-pyrrole nitrogens is 1. The zero-order valence-electron chi connectivity index (χ0n) is 5.60. The number of nitrogens with zero attached hydrogens (tertiary/aromatic N) is 4. The third-order valence-electron chi connectivity index (χ3n) is 1.31. The molecule has 0 atom stereocenters. The van der Waals surface area contributed by atoms with Crippen LogP contribution in [0.3, 0.4) is 0 Å². The minimum Gasteiger partial charge on any atom is -0.278 e. The Labute approximate surface area is 62.5 Å². The highest BCUT2D eigenvalue weighted by Gasteiger charge is 1.96. The summed E-state index contributed by atoms with van der Waals surface area (Å²) in [5.41, 5.74) is 1.78. The molecule has 0 radical (unpaired) electrons. The van der Waals surface area contributed by atoms with Crippen molar-refractivity contribution in [3.05, 3.63) is 24.7 Å². The highest BCUT2D eigenvalue weighted by Crippen LogP contribution is 2.10. The number of hydrogen-bond acceptors (Lipinski definition) is 4. The van der Waals surface area contributed by atoms with Gasteiger partial charge in [0.25, 0.3) is 0 Å². The Morgan fingerprint density at radius 1 is 1.18 bits per heavy atom. The van der Waals surface area contributed by atoms with Crippen LogP contribution in [0, 0.1) is 0 Å². The van der Waals surface area contributed by atoms with Crippen molar-refractivity contribution in [2.45, 2.75) is 0 Å². The molecule has 0 aliphatic rings. The molecule has 0 aliphatic heterocycles. The standard InChI is InChI=1S/C6H5N5/c1-2-7-10-6(1)5-3-8-11-9-4-5/h1-4H,(H,7,10). The molecule has 0 aliphatic carbocycles. The van der Waals surface area contributed by atoms with E-state index in [0.29, 0.717) is 0 Å². The van der Waals surface area contributed by atoms with Gasteiger partial charge >= 0.3 is 0 Å². The molecular formula is C6H5N5. The van der Waals surface area contributed by atoms with Gasteiger partial charge in [-0.15, -0.1) is 10.2 Å². The lowest BCUT2D eigenvalue weighted by atomic mass is 10.3. The van der Waals surface area contributed by atoms with Crippen LogP contribution in [0.4, 0.5) is 0 Å². The SMILES string of the molecule is c1cc(-c2cnnnc2)[nH]n1. The molecule has 2 aromatic rings. The number of aromatic amines is 1. The molecule has 2 heterocycles. The van der Waals surface area contributed by atoms with Crippen molar-refractivity contribution in [2.75, 3.05) is 0 Å². The van der Waals surface area contributed by atoms with Crippen LogP contribution in [0.25, 0.3) is 11.3 Å². The van der Waals surface area contributed by atoms with Crippen LogP contribution in [0.15, 0.2) is 24.7 Å². The van der Waals surface area contributed by atoms with E-state index in [9.17, 15) is 0 Å². The average molecular weight is 147 g/mol. The summed E-state index contributed by atoms with van der Waals surface area (Å²) in [6, 6.07) is 1.85. The highest BCUT2D eigenvalue weighted by molar-refractivity contribution is 5.54.